The van der Waals surface area contributed by atoms with Crippen LogP contribution in [0.3, 0.4) is 0 Å². The van der Waals surface area contributed by atoms with E-state index in [2.05, 4.69) is 5.32 Å². The van der Waals surface area contributed by atoms with Crippen LogP contribution in [0.4, 0.5) is 0 Å². The van der Waals surface area contributed by atoms with Gasteiger partial charge in [0.25, 0.3) is 11.8 Å². The van der Waals surface area contributed by atoms with Gasteiger partial charge < -0.3 is 5.32 Å². The number of carbonyl (C=O) groups excluding carboxylic acids is 3. The molecule has 0 saturated carbocycles. The molecule has 1 heterocycles. The summed E-state index contributed by atoms with van der Waals surface area (Å²) in [5.41, 5.74) is 3.33. The lowest BCUT2D eigenvalue weighted by atomic mass is 9.97. The number of carbonyl (C=O) groups is 3. The van der Waals surface area contributed by atoms with Crippen LogP contribution >= 0.6 is 0 Å². The quantitative estimate of drug-likeness (QED) is 0.403. The Balaban J connectivity index is 1.52. The maximum atomic E-state index is 13.9. The average molecular weight is 461 g/mol. The van der Waals surface area contributed by atoms with Gasteiger partial charge in [0.2, 0.25) is 5.91 Å². The van der Waals surface area contributed by atoms with E-state index in [4.69, 9.17) is 0 Å². The normalized spacial score (nSPS) is 13.6. The van der Waals surface area contributed by atoms with Gasteiger partial charge in [-0.1, -0.05) is 103 Å². The Morgan fingerprint density at radius 1 is 0.629 bits per heavy atom. The molecule has 172 valence electrons. The van der Waals surface area contributed by atoms with E-state index in [1.807, 2.05) is 91.0 Å². The second kappa shape index (κ2) is 9.77. The summed E-state index contributed by atoms with van der Waals surface area (Å²) in [6.07, 6.45) is 0.217. The summed E-state index contributed by atoms with van der Waals surface area (Å²) in [5, 5.41) is 3.13. The molecule has 1 N–H and O–H groups in total. The van der Waals surface area contributed by atoms with Crippen LogP contribution in [0.25, 0.3) is 0 Å². The first kappa shape index (κ1) is 22.3. The van der Waals surface area contributed by atoms with E-state index in [0.717, 1.165) is 21.6 Å². The van der Waals surface area contributed by atoms with E-state index in [0.29, 0.717) is 11.1 Å². The number of amides is 3. The van der Waals surface area contributed by atoms with Crippen molar-refractivity contribution in [2.45, 2.75) is 18.5 Å². The number of nitrogens with zero attached hydrogens (tertiary/aromatic N) is 1. The molecule has 35 heavy (non-hydrogen) atoms. The van der Waals surface area contributed by atoms with Crippen LogP contribution in [0.2, 0.25) is 0 Å². The first-order chi connectivity index (χ1) is 17.1. The Labute approximate surface area is 204 Å². The summed E-state index contributed by atoms with van der Waals surface area (Å²) in [4.78, 5) is 41.6. The number of fused-ring (bicyclic) bond motifs is 1. The highest BCUT2D eigenvalue weighted by Crippen LogP contribution is 2.28. The van der Waals surface area contributed by atoms with Crippen molar-refractivity contribution in [2.24, 2.45) is 0 Å². The molecule has 0 saturated heterocycles. The molecule has 4 aromatic carbocycles. The number of rotatable bonds is 7. The van der Waals surface area contributed by atoms with Crippen LogP contribution in [-0.2, 0) is 11.2 Å². The first-order valence-electron chi connectivity index (χ1n) is 11.5. The van der Waals surface area contributed by atoms with E-state index in [1.54, 1.807) is 24.3 Å². The van der Waals surface area contributed by atoms with Gasteiger partial charge >= 0.3 is 0 Å². The van der Waals surface area contributed by atoms with Crippen molar-refractivity contribution in [1.29, 1.82) is 0 Å². The third kappa shape index (κ3) is 4.49. The summed E-state index contributed by atoms with van der Waals surface area (Å²) < 4.78 is 0. The zero-order chi connectivity index (χ0) is 24.2. The Morgan fingerprint density at radius 3 is 1.54 bits per heavy atom. The first-order valence-corrected chi connectivity index (χ1v) is 11.5. The highest BCUT2D eigenvalue weighted by Gasteiger charge is 2.43. The molecule has 0 unspecified atom stereocenters. The van der Waals surface area contributed by atoms with Gasteiger partial charge in [0, 0.05) is 6.42 Å². The molecule has 3 amide bonds. The minimum atomic E-state index is -1.00. The van der Waals surface area contributed by atoms with Gasteiger partial charge in [-0.2, -0.15) is 0 Å². The summed E-state index contributed by atoms with van der Waals surface area (Å²) in [7, 11) is 0. The van der Waals surface area contributed by atoms with Gasteiger partial charge in [0.15, 0.2) is 0 Å². The van der Waals surface area contributed by atoms with Crippen molar-refractivity contribution in [3.63, 3.8) is 0 Å². The van der Waals surface area contributed by atoms with Gasteiger partial charge in [-0.05, 0) is 28.8 Å². The predicted octanol–water partition coefficient (Wildman–Crippen LogP) is 4.80. The zero-order valence-corrected chi connectivity index (χ0v) is 19.0. The molecule has 5 nitrogen and oxygen atoms in total. The minimum absolute atomic E-state index is 0.217. The maximum absolute atomic E-state index is 13.9. The Hall–Kier alpha value is -4.51. The molecule has 0 fully saturated rings. The minimum Gasteiger partial charge on any atom is -0.343 e. The average Bonchev–Trinajstić information content (AvgIpc) is 3.17. The molecular weight excluding hydrogens is 436 g/mol. The van der Waals surface area contributed by atoms with Gasteiger partial charge in [0.05, 0.1) is 17.2 Å². The molecule has 4 aromatic rings. The summed E-state index contributed by atoms with van der Waals surface area (Å²) in [5.74, 6) is -1.28. The molecule has 0 spiro atoms. The van der Waals surface area contributed by atoms with Crippen LogP contribution < -0.4 is 5.32 Å². The Bertz CT molecular complexity index is 1280. The van der Waals surface area contributed by atoms with Crippen molar-refractivity contribution >= 4 is 17.7 Å². The van der Waals surface area contributed by atoms with E-state index in [9.17, 15) is 14.4 Å². The van der Waals surface area contributed by atoms with Crippen LogP contribution in [0.15, 0.2) is 115 Å². The number of nitrogens with one attached hydrogen (secondary N) is 1. The fourth-order valence-corrected chi connectivity index (χ4v) is 4.52. The van der Waals surface area contributed by atoms with E-state index >= 15 is 0 Å². The molecule has 5 heteroatoms. The Kier molecular flexibility index (Phi) is 6.22. The van der Waals surface area contributed by atoms with Crippen molar-refractivity contribution in [3.8, 4) is 0 Å². The summed E-state index contributed by atoms with van der Waals surface area (Å²) in [6.45, 7) is 0. The molecular formula is C30H24N2O3. The molecule has 1 aliphatic rings. The molecule has 5 rings (SSSR count). The van der Waals surface area contributed by atoms with Crippen LogP contribution in [0.5, 0.6) is 0 Å². The third-order valence-corrected chi connectivity index (χ3v) is 6.26. The highest BCUT2D eigenvalue weighted by molar-refractivity contribution is 6.22. The molecule has 0 aromatic heterocycles. The SMILES string of the molecule is O=C(NC(c1ccccc1)c1ccccc1)[C@@H](Cc1ccccc1)N1C(=O)c2ccccc2C1=O. The van der Waals surface area contributed by atoms with Crippen molar-refractivity contribution < 1.29 is 14.4 Å². The topological polar surface area (TPSA) is 66.5 Å². The zero-order valence-electron chi connectivity index (χ0n) is 19.0. The number of imide groups is 1. The predicted molar refractivity (Wildman–Crippen MR) is 134 cm³/mol. The van der Waals surface area contributed by atoms with Crippen LogP contribution in [0, 0.1) is 0 Å². The van der Waals surface area contributed by atoms with Crippen LogP contribution in [-0.4, -0.2) is 28.7 Å². The molecule has 0 radical (unpaired) electrons. The lowest BCUT2D eigenvalue weighted by Gasteiger charge is -2.28. The fourth-order valence-electron chi connectivity index (χ4n) is 4.52. The van der Waals surface area contributed by atoms with Crippen molar-refractivity contribution in [3.05, 3.63) is 143 Å². The summed E-state index contributed by atoms with van der Waals surface area (Å²) >= 11 is 0. The monoisotopic (exact) mass is 460 g/mol. The molecule has 1 aliphatic heterocycles. The largest absolute Gasteiger partial charge is 0.343 e. The van der Waals surface area contributed by atoms with E-state index in [1.165, 1.54) is 0 Å². The van der Waals surface area contributed by atoms with Crippen LogP contribution in [0.1, 0.15) is 43.4 Å². The number of hydrogen-bond donors (Lipinski definition) is 1. The standard InChI is InChI=1S/C30H24N2O3/c33-28(31-27(22-14-6-2-7-15-22)23-16-8-3-9-17-23)26(20-21-12-4-1-5-13-21)32-29(34)24-18-10-11-19-25(24)30(32)35/h1-19,26-27H,20H2,(H,31,33)/t26-/m1/s1. The second-order valence-corrected chi connectivity index (χ2v) is 8.49. The third-order valence-electron chi connectivity index (χ3n) is 6.26. The van der Waals surface area contributed by atoms with E-state index < -0.39 is 23.9 Å². The number of benzene rings is 4. The Morgan fingerprint density at radius 2 is 1.06 bits per heavy atom. The highest BCUT2D eigenvalue weighted by atomic mass is 16.2. The van der Waals surface area contributed by atoms with E-state index in [-0.39, 0.29) is 12.3 Å². The van der Waals surface area contributed by atoms with Gasteiger partial charge in [-0.3, -0.25) is 19.3 Å². The van der Waals surface area contributed by atoms with Gasteiger partial charge in [-0.25, -0.2) is 0 Å². The smallest absolute Gasteiger partial charge is 0.262 e. The maximum Gasteiger partial charge on any atom is 0.262 e. The summed E-state index contributed by atoms with van der Waals surface area (Å²) in [6, 6.07) is 34.0. The van der Waals surface area contributed by atoms with Crippen molar-refractivity contribution in [1.82, 2.24) is 10.2 Å². The second-order valence-electron chi connectivity index (χ2n) is 8.49. The fraction of sp³-hybridized carbons (Fsp3) is 0.100. The lowest BCUT2D eigenvalue weighted by Crippen LogP contribution is -2.51. The molecule has 0 aliphatic carbocycles. The van der Waals surface area contributed by atoms with Gasteiger partial charge in [0.1, 0.15) is 6.04 Å². The molecule has 1 atom stereocenters. The van der Waals surface area contributed by atoms with Crippen molar-refractivity contribution in [2.75, 3.05) is 0 Å². The lowest BCUT2D eigenvalue weighted by molar-refractivity contribution is -0.125. The van der Waals surface area contributed by atoms with Gasteiger partial charge in [-0.15, -0.1) is 0 Å². The molecule has 0 bridgehead atoms. The number of hydrogen-bond acceptors (Lipinski definition) is 3.